The second-order valence-corrected chi connectivity index (χ2v) is 9.25. The van der Waals surface area contributed by atoms with Crippen LogP contribution >= 0.6 is 11.8 Å². The largest absolute Gasteiger partial charge is 0.339 e. The van der Waals surface area contributed by atoms with Gasteiger partial charge in [-0.05, 0) is 19.3 Å². The van der Waals surface area contributed by atoms with Crippen molar-refractivity contribution in [3.63, 3.8) is 0 Å². The molecule has 5 nitrogen and oxygen atoms in total. The van der Waals surface area contributed by atoms with E-state index in [4.69, 9.17) is 4.52 Å². The van der Waals surface area contributed by atoms with E-state index in [1.807, 2.05) is 30.0 Å². The van der Waals surface area contributed by atoms with E-state index in [2.05, 4.69) is 34.0 Å². The number of amides is 1. The van der Waals surface area contributed by atoms with Crippen molar-refractivity contribution < 1.29 is 9.32 Å². The van der Waals surface area contributed by atoms with E-state index < -0.39 is 0 Å². The highest BCUT2D eigenvalue weighted by atomic mass is 32.2. The Kier molecular flexibility index (Phi) is 6.80. The SMILES string of the molecule is CCCN(Cc1c(-c2ccccc2)noc1N1CCSCC1)C(=O)C1CCCC1. The van der Waals surface area contributed by atoms with Crippen LogP contribution in [0.1, 0.15) is 44.6 Å². The van der Waals surface area contributed by atoms with Gasteiger partial charge >= 0.3 is 0 Å². The number of carbonyl (C=O) groups is 1. The highest BCUT2D eigenvalue weighted by Gasteiger charge is 2.30. The van der Waals surface area contributed by atoms with Gasteiger partial charge in [0.05, 0.1) is 12.1 Å². The zero-order valence-electron chi connectivity index (χ0n) is 17.3. The second kappa shape index (κ2) is 9.70. The Morgan fingerprint density at radius 2 is 1.93 bits per heavy atom. The van der Waals surface area contributed by atoms with Crippen molar-refractivity contribution in [2.45, 2.75) is 45.6 Å². The minimum Gasteiger partial charge on any atom is -0.339 e. The lowest BCUT2D eigenvalue weighted by atomic mass is 10.0. The predicted octanol–water partition coefficient (Wildman–Crippen LogP) is 4.82. The molecular weight excluding hydrogens is 382 g/mol. The van der Waals surface area contributed by atoms with Crippen LogP contribution in [0.2, 0.25) is 0 Å². The van der Waals surface area contributed by atoms with Crippen LogP contribution < -0.4 is 4.90 Å². The summed E-state index contributed by atoms with van der Waals surface area (Å²) in [6, 6.07) is 10.2. The number of thioether (sulfide) groups is 1. The Balaban J connectivity index is 1.66. The van der Waals surface area contributed by atoms with Gasteiger partial charge in [0.1, 0.15) is 5.69 Å². The van der Waals surface area contributed by atoms with E-state index in [9.17, 15) is 4.79 Å². The molecule has 2 heterocycles. The number of anilines is 1. The summed E-state index contributed by atoms with van der Waals surface area (Å²) in [7, 11) is 0. The molecule has 0 radical (unpaired) electrons. The van der Waals surface area contributed by atoms with Crippen molar-refractivity contribution in [1.82, 2.24) is 10.1 Å². The first kappa shape index (κ1) is 20.3. The molecule has 1 saturated heterocycles. The van der Waals surface area contributed by atoms with Crippen LogP contribution in [0, 0.1) is 5.92 Å². The van der Waals surface area contributed by atoms with Crippen LogP contribution in [0.3, 0.4) is 0 Å². The molecule has 0 atom stereocenters. The van der Waals surface area contributed by atoms with E-state index in [1.165, 1.54) is 12.8 Å². The van der Waals surface area contributed by atoms with Crippen LogP contribution in [-0.2, 0) is 11.3 Å². The van der Waals surface area contributed by atoms with Crippen molar-refractivity contribution in [2.75, 3.05) is 36.0 Å². The maximum absolute atomic E-state index is 13.3. The molecule has 1 aliphatic carbocycles. The summed E-state index contributed by atoms with van der Waals surface area (Å²) in [5.74, 6) is 3.55. The van der Waals surface area contributed by atoms with Gasteiger partial charge in [-0.1, -0.05) is 55.3 Å². The fourth-order valence-electron chi connectivity index (χ4n) is 4.44. The maximum Gasteiger partial charge on any atom is 0.232 e. The second-order valence-electron chi connectivity index (χ2n) is 8.02. The van der Waals surface area contributed by atoms with Crippen molar-refractivity contribution in [3.05, 3.63) is 35.9 Å². The number of carbonyl (C=O) groups excluding carboxylic acids is 1. The Morgan fingerprint density at radius 3 is 2.62 bits per heavy atom. The number of nitrogens with zero attached hydrogens (tertiary/aromatic N) is 3. The summed E-state index contributed by atoms with van der Waals surface area (Å²) in [4.78, 5) is 17.6. The Morgan fingerprint density at radius 1 is 1.21 bits per heavy atom. The minimum absolute atomic E-state index is 0.191. The van der Waals surface area contributed by atoms with Gasteiger partial charge in [-0.3, -0.25) is 4.79 Å². The standard InChI is InChI=1S/C23H31N3O2S/c1-2-12-26(22(27)19-10-6-7-11-19)17-20-21(18-8-4-3-5-9-18)24-28-23(20)25-13-15-29-16-14-25/h3-5,8-9,19H,2,6-7,10-17H2,1H3. The monoisotopic (exact) mass is 413 g/mol. The third-order valence-corrected chi connectivity index (χ3v) is 6.91. The van der Waals surface area contributed by atoms with E-state index in [1.54, 1.807) is 0 Å². The molecule has 1 aromatic heterocycles. The Labute approximate surface area is 177 Å². The fraction of sp³-hybridized carbons (Fsp3) is 0.565. The van der Waals surface area contributed by atoms with E-state index >= 15 is 0 Å². The third-order valence-electron chi connectivity index (χ3n) is 5.97. The number of rotatable bonds is 7. The molecule has 2 fully saturated rings. The van der Waals surface area contributed by atoms with Crippen LogP contribution in [-0.4, -0.2) is 47.1 Å². The predicted molar refractivity (Wildman–Crippen MR) is 119 cm³/mol. The first-order chi connectivity index (χ1) is 14.3. The van der Waals surface area contributed by atoms with Crippen molar-refractivity contribution >= 4 is 23.6 Å². The molecule has 0 bridgehead atoms. The van der Waals surface area contributed by atoms with Gasteiger partial charge < -0.3 is 14.3 Å². The molecule has 156 valence electrons. The maximum atomic E-state index is 13.3. The van der Waals surface area contributed by atoms with Gasteiger partial charge in [-0.15, -0.1) is 0 Å². The van der Waals surface area contributed by atoms with Gasteiger partial charge in [0.2, 0.25) is 11.8 Å². The zero-order chi connectivity index (χ0) is 20.1. The lowest BCUT2D eigenvalue weighted by Crippen LogP contribution is -2.37. The molecule has 6 heteroatoms. The molecule has 1 aliphatic heterocycles. The summed E-state index contributed by atoms with van der Waals surface area (Å²) in [5.41, 5.74) is 2.98. The average molecular weight is 414 g/mol. The number of hydrogen-bond donors (Lipinski definition) is 0. The van der Waals surface area contributed by atoms with Crippen molar-refractivity contribution in [3.8, 4) is 11.3 Å². The number of hydrogen-bond acceptors (Lipinski definition) is 5. The third kappa shape index (κ3) is 4.63. The first-order valence-electron chi connectivity index (χ1n) is 10.9. The number of benzene rings is 1. The zero-order valence-corrected chi connectivity index (χ0v) is 18.1. The summed E-state index contributed by atoms with van der Waals surface area (Å²) in [6.07, 6.45) is 5.38. The fourth-order valence-corrected chi connectivity index (χ4v) is 5.34. The Hall–Kier alpha value is -1.95. The van der Waals surface area contributed by atoms with Crippen LogP contribution in [0.25, 0.3) is 11.3 Å². The summed E-state index contributed by atoms with van der Waals surface area (Å²) in [6.45, 7) is 5.43. The van der Waals surface area contributed by atoms with Gasteiger partial charge in [-0.2, -0.15) is 11.8 Å². The highest BCUT2D eigenvalue weighted by molar-refractivity contribution is 7.99. The summed E-state index contributed by atoms with van der Waals surface area (Å²) < 4.78 is 5.90. The molecule has 2 aromatic rings. The quantitative estimate of drug-likeness (QED) is 0.651. The normalized spacial score (nSPS) is 17.6. The smallest absolute Gasteiger partial charge is 0.232 e. The van der Waals surface area contributed by atoms with Gasteiger partial charge in [0.15, 0.2) is 0 Å². The molecule has 2 aliphatic rings. The van der Waals surface area contributed by atoms with E-state index in [0.29, 0.717) is 12.5 Å². The van der Waals surface area contributed by atoms with Crippen molar-refractivity contribution in [2.24, 2.45) is 5.92 Å². The lowest BCUT2D eigenvalue weighted by molar-refractivity contribution is -0.136. The molecule has 0 unspecified atom stereocenters. The van der Waals surface area contributed by atoms with E-state index in [0.717, 1.165) is 73.1 Å². The summed E-state index contributed by atoms with van der Waals surface area (Å²) >= 11 is 1.98. The topological polar surface area (TPSA) is 49.6 Å². The highest BCUT2D eigenvalue weighted by Crippen LogP contribution is 2.35. The molecule has 1 amide bonds. The van der Waals surface area contributed by atoms with Gasteiger partial charge in [0, 0.05) is 42.6 Å². The lowest BCUT2D eigenvalue weighted by Gasteiger charge is -2.29. The molecule has 0 N–H and O–H groups in total. The molecule has 1 saturated carbocycles. The van der Waals surface area contributed by atoms with Crippen molar-refractivity contribution in [1.29, 1.82) is 0 Å². The molecular formula is C23H31N3O2S. The molecule has 29 heavy (non-hydrogen) atoms. The molecule has 4 rings (SSSR count). The average Bonchev–Trinajstić information content (AvgIpc) is 3.45. The molecule has 0 spiro atoms. The van der Waals surface area contributed by atoms with Crippen LogP contribution in [0.5, 0.6) is 0 Å². The van der Waals surface area contributed by atoms with Crippen LogP contribution in [0.15, 0.2) is 34.9 Å². The summed E-state index contributed by atoms with van der Waals surface area (Å²) in [5, 5.41) is 4.47. The first-order valence-corrected chi connectivity index (χ1v) is 12.1. The minimum atomic E-state index is 0.191. The molecule has 1 aromatic carbocycles. The van der Waals surface area contributed by atoms with Crippen LogP contribution in [0.4, 0.5) is 5.88 Å². The van der Waals surface area contributed by atoms with Gasteiger partial charge in [0.25, 0.3) is 0 Å². The number of aromatic nitrogens is 1. The van der Waals surface area contributed by atoms with Gasteiger partial charge in [-0.25, -0.2) is 0 Å². The van der Waals surface area contributed by atoms with E-state index in [-0.39, 0.29) is 5.92 Å². The Bertz CT molecular complexity index is 796.